The van der Waals surface area contributed by atoms with E-state index in [9.17, 15) is 13.2 Å². The van der Waals surface area contributed by atoms with Crippen molar-refractivity contribution in [3.8, 4) is 0 Å². The molecular weight excluding hydrogens is 374 g/mol. The molecular formula is C16H19N5O5S. The lowest BCUT2D eigenvalue weighted by atomic mass is 10.3. The number of piperazine rings is 1. The van der Waals surface area contributed by atoms with E-state index in [0.717, 1.165) is 0 Å². The van der Waals surface area contributed by atoms with Crippen LogP contribution in [0, 0.1) is 6.92 Å². The molecule has 1 fully saturated rings. The van der Waals surface area contributed by atoms with Gasteiger partial charge in [-0.2, -0.15) is 4.31 Å². The van der Waals surface area contributed by atoms with Crippen LogP contribution in [0.15, 0.2) is 36.7 Å². The molecule has 144 valence electrons. The summed E-state index contributed by atoms with van der Waals surface area (Å²) in [4.78, 5) is 13.8. The molecule has 3 aromatic rings. The summed E-state index contributed by atoms with van der Waals surface area (Å²) in [6, 6.07) is 4.92. The summed E-state index contributed by atoms with van der Waals surface area (Å²) >= 11 is 0. The van der Waals surface area contributed by atoms with E-state index in [1.165, 1.54) is 21.0 Å². The number of hydrogen-bond acceptors (Lipinski definition) is 8. The van der Waals surface area contributed by atoms with Gasteiger partial charge < -0.3 is 13.7 Å². The fourth-order valence-electron chi connectivity index (χ4n) is 3.19. The lowest BCUT2D eigenvalue weighted by Crippen LogP contribution is -2.48. The van der Waals surface area contributed by atoms with Crippen LogP contribution in [0.5, 0.6) is 0 Å². The Hall–Kier alpha value is -2.66. The summed E-state index contributed by atoms with van der Waals surface area (Å²) in [6.07, 6.45) is 0. The summed E-state index contributed by atoms with van der Waals surface area (Å²) in [5, 5.41) is 7.76. The average Bonchev–Trinajstić information content (AvgIpc) is 3.23. The predicted octanol–water partition coefficient (Wildman–Crippen LogP) is 0.817. The molecule has 1 saturated heterocycles. The molecule has 0 N–H and O–H groups in total. The highest BCUT2D eigenvalue weighted by Crippen LogP contribution is 2.23. The van der Waals surface area contributed by atoms with Crippen molar-refractivity contribution < 1.29 is 17.3 Å². The first-order valence-electron chi connectivity index (χ1n) is 8.58. The molecule has 0 unspecified atom stereocenters. The molecule has 27 heavy (non-hydrogen) atoms. The van der Waals surface area contributed by atoms with Gasteiger partial charge in [0.05, 0.1) is 10.4 Å². The van der Waals surface area contributed by atoms with E-state index in [1.807, 2.05) is 11.8 Å². The van der Waals surface area contributed by atoms with Crippen LogP contribution in [0.4, 0.5) is 6.01 Å². The van der Waals surface area contributed by atoms with Crippen molar-refractivity contribution in [1.29, 1.82) is 0 Å². The van der Waals surface area contributed by atoms with Crippen LogP contribution in [0.3, 0.4) is 0 Å². The number of anilines is 1. The zero-order valence-electron chi connectivity index (χ0n) is 15.0. The first-order valence-corrected chi connectivity index (χ1v) is 10.0. The molecule has 1 aliphatic rings. The second-order valence-electron chi connectivity index (χ2n) is 6.24. The minimum absolute atomic E-state index is 0.106. The number of aryl methyl sites for hydroxylation is 2. The van der Waals surface area contributed by atoms with Crippen LogP contribution < -0.4 is 10.7 Å². The molecule has 10 nitrogen and oxygen atoms in total. The molecule has 0 radical (unpaired) electrons. The number of fused-ring (bicyclic) bond motifs is 1. The van der Waals surface area contributed by atoms with Gasteiger partial charge in [-0.15, -0.1) is 5.10 Å². The highest BCUT2D eigenvalue weighted by molar-refractivity contribution is 7.89. The number of hydrogen-bond donors (Lipinski definition) is 0. The number of oxazole rings is 1. The Morgan fingerprint density at radius 2 is 1.85 bits per heavy atom. The van der Waals surface area contributed by atoms with Crippen molar-refractivity contribution in [2.75, 3.05) is 31.1 Å². The van der Waals surface area contributed by atoms with Crippen molar-refractivity contribution in [3.05, 3.63) is 34.6 Å². The van der Waals surface area contributed by atoms with Gasteiger partial charge in [0.15, 0.2) is 5.58 Å². The van der Waals surface area contributed by atoms with Gasteiger partial charge in [-0.05, 0) is 19.1 Å². The van der Waals surface area contributed by atoms with E-state index in [0.29, 0.717) is 50.1 Å². The standard InChI is InChI=1S/C16H19N5O5S/c1-3-21-13-5-4-12(10-14(13)26-16(21)22)27(23,24)20-8-6-19(7-9-20)15-18-17-11(2)25-15/h4-5,10H,3,6-9H2,1-2H3. The van der Waals surface area contributed by atoms with Gasteiger partial charge in [-0.1, -0.05) is 5.10 Å². The van der Waals surface area contributed by atoms with Crippen molar-refractivity contribution >= 4 is 27.1 Å². The topological polar surface area (TPSA) is 115 Å². The highest BCUT2D eigenvalue weighted by atomic mass is 32.2. The van der Waals surface area contributed by atoms with Crippen LogP contribution in [0.1, 0.15) is 12.8 Å². The Bertz CT molecular complexity index is 1140. The minimum Gasteiger partial charge on any atom is -0.408 e. The fraction of sp³-hybridized carbons (Fsp3) is 0.438. The highest BCUT2D eigenvalue weighted by Gasteiger charge is 2.30. The molecule has 11 heteroatoms. The van der Waals surface area contributed by atoms with Crippen LogP contribution in [-0.2, 0) is 16.6 Å². The Labute approximate surface area is 155 Å². The maximum absolute atomic E-state index is 13.0. The minimum atomic E-state index is -3.70. The molecule has 0 atom stereocenters. The van der Waals surface area contributed by atoms with E-state index in [1.54, 1.807) is 13.0 Å². The second-order valence-corrected chi connectivity index (χ2v) is 8.17. The van der Waals surface area contributed by atoms with Crippen LogP contribution in [0.2, 0.25) is 0 Å². The van der Waals surface area contributed by atoms with Gasteiger partial charge in [0.2, 0.25) is 15.9 Å². The largest absolute Gasteiger partial charge is 0.419 e. The Balaban J connectivity index is 1.57. The van der Waals surface area contributed by atoms with Crippen molar-refractivity contribution in [2.24, 2.45) is 0 Å². The van der Waals surface area contributed by atoms with Crippen molar-refractivity contribution in [2.45, 2.75) is 25.3 Å². The molecule has 3 heterocycles. The van der Waals surface area contributed by atoms with Gasteiger partial charge in [0.25, 0.3) is 0 Å². The normalized spacial score (nSPS) is 16.3. The number of benzene rings is 1. The van der Waals surface area contributed by atoms with Gasteiger partial charge in [-0.25, -0.2) is 13.2 Å². The maximum atomic E-state index is 13.0. The maximum Gasteiger partial charge on any atom is 0.419 e. The molecule has 1 aliphatic heterocycles. The van der Waals surface area contributed by atoms with Crippen molar-refractivity contribution in [1.82, 2.24) is 19.1 Å². The molecule has 0 aliphatic carbocycles. The van der Waals surface area contributed by atoms with Crippen molar-refractivity contribution in [3.63, 3.8) is 0 Å². The monoisotopic (exact) mass is 393 g/mol. The molecule has 0 bridgehead atoms. The summed E-state index contributed by atoms with van der Waals surface area (Å²) in [5.41, 5.74) is 0.848. The Morgan fingerprint density at radius 3 is 2.48 bits per heavy atom. The average molecular weight is 393 g/mol. The Kier molecular flexibility index (Phi) is 4.27. The van der Waals surface area contributed by atoms with E-state index in [4.69, 9.17) is 8.83 Å². The SMILES string of the molecule is CCn1c(=O)oc2cc(S(=O)(=O)N3CCN(c4nnc(C)o4)CC3)ccc21. The zero-order chi connectivity index (χ0) is 19.2. The number of nitrogens with zero attached hydrogens (tertiary/aromatic N) is 5. The summed E-state index contributed by atoms with van der Waals surface area (Å²) in [6.45, 7) is 5.47. The van der Waals surface area contributed by atoms with Crippen LogP contribution >= 0.6 is 0 Å². The quantitative estimate of drug-likeness (QED) is 0.640. The third kappa shape index (κ3) is 3.02. The molecule has 0 saturated carbocycles. The van der Waals surface area contributed by atoms with Gasteiger partial charge >= 0.3 is 11.8 Å². The lowest BCUT2D eigenvalue weighted by molar-refractivity contribution is 0.370. The van der Waals surface area contributed by atoms with Gasteiger partial charge in [-0.3, -0.25) is 4.57 Å². The number of sulfonamides is 1. The lowest BCUT2D eigenvalue weighted by Gasteiger charge is -2.32. The molecule has 0 spiro atoms. The molecule has 4 rings (SSSR count). The summed E-state index contributed by atoms with van der Waals surface area (Å²) < 4.78 is 39.4. The summed E-state index contributed by atoms with van der Waals surface area (Å²) in [7, 11) is -3.70. The Morgan fingerprint density at radius 1 is 1.11 bits per heavy atom. The van der Waals surface area contributed by atoms with Crippen LogP contribution in [0.25, 0.3) is 11.1 Å². The first kappa shape index (κ1) is 17.7. The number of aromatic nitrogens is 3. The molecule has 2 aromatic heterocycles. The van der Waals surface area contributed by atoms with E-state index in [-0.39, 0.29) is 10.5 Å². The third-order valence-corrected chi connectivity index (χ3v) is 6.51. The molecule has 1 aromatic carbocycles. The fourth-order valence-corrected chi connectivity index (χ4v) is 4.63. The summed E-state index contributed by atoms with van der Waals surface area (Å²) in [5.74, 6) is -0.0284. The predicted molar refractivity (Wildman–Crippen MR) is 96.2 cm³/mol. The second kappa shape index (κ2) is 6.50. The molecule has 0 amide bonds. The smallest absolute Gasteiger partial charge is 0.408 e. The van der Waals surface area contributed by atoms with Gasteiger partial charge in [0.1, 0.15) is 0 Å². The first-order chi connectivity index (χ1) is 12.9. The number of rotatable bonds is 4. The van der Waals surface area contributed by atoms with E-state index < -0.39 is 15.8 Å². The van der Waals surface area contributed by atoms with E-state index >= 15 is 0 Å². The zero-order valence-corrected chi connectivity index (χ0v) is 15.8. The third-order valence-electron chi connectivity index (χ3n) is 4.62. The van der Waals surface area contributed by atoms with Gasteiger partial charge in [0, 0.05) is 45.7 Å². The van der Waals surface area contributed by atoms with E-state index in [2.05, 4.69) is 10.2 Å². The van der Waals surface area contributed by atoms with Crippen LogP contribution in [-0.4, -0.2) is 53.7 Å².